The van der Waals surface area contributed by atoms with Gasteiger partial charge in [-0.25, -0.2) is 10.4 Å². The minimum absolute atomic E-state index is 0.179. The van der Waals surface area contributed by atoms with E-state index in [1.165, 1.54) is 6.07 Å². The molecule has 0 unspecified atom stereocenters. The Morgan fingerprint density at radius 2 is 2.05 bits per heavy atom. The molecule has 0 saturated carbocycles. The molecule has 0 spiro atoms. The number of rotatable bonds is 4. The van der Waals surface area contributed by atoms with E-state index in [1.807, 2.05) is 26.0 Å². The van der Waals surface area contributed by atoms with Gasteiger partial charge in [-0.2, -0.15) is 5.10 Å². The van der Waals surface area contributed by atoms with Crippen molar-refractivity contribution in [2.75, 3.05) is 5.43 Å². The summed E-state index contributed by atoms with van der Waals surface area (Å²) in [6.07, 6.45) is 1.62. The number of nitrogens with zero attached hydrogens (tertiary/aromatic N) is 2. The zero-order valence-electron chi connectivity index (χ0n) is 11.2. The highest BCUT2D eigenvalue weighted by molar-refractivity contribution is 6.30. The Morgan fingerprint density at radius 3 is 2.70 bits per heavy atom. The molecule has 0 aliphatic heterocycles. The maximum atomic E-state index is 11.5. The number of nitrogens with one attached hydrogen (secondary N) is 2. The fourth-order valence-electron chi connectivity index (χ4n) is 1.54. The third-order valence-electron chi connectivity index (χ3n) is 2.61. The average molecular weight is 291 g/mol. The van der Waals surface area contributed by atoms with Gasteiger partial charge >= 0.3 is 0 Å². The van der Waals surface area contributed by atoms with E-state index in [4.69, 9.17) is 11.6 Å². The van der Waals surface area contributed by atoms with Gasteiger partial charge in [-0.15, -0.1) is 0 Å². The first-order valence-electron chi connectivity index (χ1n) is 6.20. The van der Waals surface area contributed by atoms with Crippen molar-refractivity contribution in [1.29, 1.82) is 0 Å². The van der Waals surface area contributed by atoms with Crippen molar-refractivity contribution in [2.24, 2.45) is 5.10 Å². The molecular formula is C14H15ClN4O. The fraction of sp³-hybridized carbons (Fsp3) is 0.214. The highest BCUT2D eigenvalue weighted by Crippen LogP contribution is 2.10. The first-order valence-corrected chi connectivity index (χ1v) is 6.58. The number of aromatic nitrogens is 2. The standard InChI is InChI=1S/C14H15ClN4O/c1-9(2)12-7-13(20)18-14(17-12)19-16-8-10-3-5-11(15)6-4-10/h3-9H,1-2H3,(H2,17,18,19,20)/b16-8-. The summed E-state index contributed by atoms with van der Waals surface area (Å²) in [5.74, 6) is 0.504. The van der Waals surface area contributed by atoms with Gasteiger partial charge < -0.3 is 0 Å². The van der Waals surface area contributed by atoms with Crippen LogP contribution >= 0.6 is 11.6 Å². The molecule has 1 aromatic heterocycles. The van der Waals surface area contributed by atoms with Crippen molar-refractivity contribution >= 4 is 23.8 Å². The Bertz CT molecular complexity index is 662. The van der Waals surface area contributed by atoms with Crippen molar-refractivity contribution in [2.45, 2.75) is 19.8 Å². The Kier molecular flexibility index (Phi) is 4.53. The van der Waals surface area contributed by atoms with Crippen LogP contribution in [0.1, 0.15) is 31.0 Å². The lowest BCUT2D eigenvalue weighted by Crippen LogP contribution is -2.12. The van der Waals surface area contributed by atoms with Gasteiger partial charge in [0.15, 0.2) is 0 Å². The molecule has 2 aromatic rings. The van der Waals surface area contributed by atoms with Crippen LogP contribution in [0, 0.1) is 0 Å². The normalized spacial score (nSPS) is 11.2. The minimum Gasteiger partial charge on any atom is -0.291 e. The zero-order valence-corrected chi connectivity index (χ0v) is 12.0. The van der Waals surface area contributed by atoms with Gasteiger partial charge in [-0.1, -0.05) is 37.6 Å². The highest BCUT2D eigenvalue weighted by Gasteiger charge is 2.04. The molecule has 104 valence electrons. The molecule has 0 radical (unpaired) electrons. The van der Waals surface area contributed by atoms with E-state index in [1.54, 1.807) is 18.3 Å². The molecule has 1 aromatic carbocycles. The second kappa shape index (κ2) is 6.34. The van der Waals surface area contributed by atoms with Crippen molar-refractivity contribution in [3.05, 3.63) is 57.0 Å². The number of H-pyrrole nitrogens is 1. The lowest BCUT2D eigenvalue weighted by Gasteiger charge is -2.05. The third-order valence-corrected chi connectivity index (χ3v) is 2.86. The third kappa shape index (κ3) is 3.93. The number of hydrogen-bond acceptors (Lipinski definition) is 4. The maximum absolute atomic E-state index is 11.5. The van der Waals surface area contributed by atoms with Crippen LogP contribution in [0.15, 0.2) is 40.2 Å². The summed E-state index contributed by atoms with van der Waals surface area (Å²) in [5, 5.41) is 4.70. The second-order valence-electron chi connectivity index (χ2n) is 4.60. The van der Waals surface area contributed by atoms with E-state index >= 15 is 0 Å². The van der Waals surface area contributed by atoms with E-state index in [2.05, 4.69) is 20.5 Å². The Labute approximate surface area is 121 Å². The molecule has 2 N–H and O–H groups in total. The average Bonchev–Trinajstić information content (AvgIpc) is 2.40. The van der Waals surface area contributed by atoms with E-state index in [0.29, 0.717) is 11.0 Å². The summed E-state index contributed by atoms with van der Waals surface area (Å²) in [7, 11) is 0. The van der Waals surface area contributed by atoms with Crippen LogP contribution in [-0.4, -0.2) is 16.2 Å². The van der Waals surface area contributed by atoms with Crippen molar-refractivity contribution in [3.63, 3.8) is 0 Å². The van der Waals surface area contributed by atoms with Gasteiger partial charge in [0.05, 0.1) is 11.9 Å². The predicted molar refractivity (Wildman–Crippen MR) is 81.6 cm³/mol. The molecule has 1 heterocycles. The predicted octanol–water partition coefficient (Wildman–Crippen LogP) is 2.99. The molecule has 0 aliphatic carbocycles. The van der Waals surface area contributed by atoms with Gasteiger partial charge in [0.1, 0.15) is 0 Å². The van der Waals surface area contributed by atoms with Crippen LogP contribution in [0.2, 0.25) is 5.02 Å². The molecule has 5 nitrogen and oxygen atoms in total. The van der Waals surface area contributed by atoms with E-state index in [-0.39, 0.29) is 11.5 Å². The number of anilines is 1. The van der Waals surface area contributed by atoms with E-state index in [9.17, 15) is 4.79 Å². The summed E-state index contributed by atoms with van der Waals surface area (Å²) in [6, 6.07) is 8.73. The van der Waals surface area contributed by atoms with Gasteiger partial charge in [-0.05, 0) is 23.6 Å². The van der Waals surface area contributed by atoms with Crippen LogP contribution in [0.4, 0.5) is 5.95 Å². The molecule has 0 atom stereocenters. The number of halogens is 1. The number of hydrazone groups is 1. The maximum Gasteiger partial charge on any atom is 0.252 e. The van der Waals surface area contributed by atoms with Crippen molar-refractivity contribution in [1.82, 2.24) is 9.97 Å². The molecule has 6 heteroatoms. The lowest BCUT2D eigenvalue weighted by molar-refractivity contribution is 0.810. The topological polar surface area (TPSA) is 70.1 Å². The largest absolute Gasteiger partial charge is 0.291 e. The van der Waals surface area contributed by atoms with Gasteiger partial charge in [0.2, 0.25) is 5.95 Å². The number of benzene rings is 1. The lowest BCUT2D eigenvalue weighted by atomic mass is 10.1. The second-order valence-corrected chi connectivity index (χ2v) is 5.03. The van der Waals surface area contributed by atoms with Crippen LogP contribution in [0.5, 0.6) is 0 Å². The van der Waals surface area contributed by atoms with Crippen LogP contribution < -0.4 is 11.0 Å². The monoisotopic (exact) mass is 290 g/mol. The summed E-state index contributed by atoms with van der Waals surface area (Å²) in [6.45, 7) is 3.95. The molecule has 2 rings (SSSR count). The molecule has 20 heavy (non-hydrogen) atoms. The van der Waals surface area contributed by atoms with Gasteiger partial charge in [0.25, 0.3) is 5.56 Å². The van der Waals surface area contributed by atoms with Crippen LogP contribution in [0.25, 0.3) is 0 Å². The molecule has 0 aliphatic rings. The first kappa shape index (κ1) is 14.3. The van der Waals surface area contributed by atoms with Crippen molar-refractivity contribution in [3.8, 4) is 0 Å². The molecule has 0 amide bonds. The van der Waals surface area contributed by atoms with Gasteiger partial charge in [0, 0.05) is 11.1 Å². The molecule has 0 bridgehead atoms. The van der Waals surface area contributed by atoms with Crippen LogP contribution in [0.3, 0.4) is 0 Å². The Balaban J connectivity index is 2.10. The van der Waals surface area contributed by atoms with Gasteiger partial charge in [-0.3, -0.25) is 9.78 Å². The SMILES string of the molecule is CC(C)c1cc(=O)[nH]c(N/N=C\c2ccc(Cl)cc2)n1. The quantitative estimate of drug-likeness (QED) is 0.672. The molecule has 0 saturated heterocycles. The molecule has 0 fully saturated rings. The zero-order chi connectivity index (χ0) is 14.5. The molecular weight excluding hydrogens is 276 g/mol. The number of aromatic amines is 1. The van der Waals surface area contributed by atoms with E-state index < -0.39 is 0 Å². The fourth-order valence-corrected chi connectivity index (χ4v) is 1.67. The van der Waals surface area contributed by atoms with Crippen LogP contribution in [-0.2, 0) is 0 Å². The Morgan fingerprint density at radius 1 is 1.35 bits per heavy atom. The summed E-state index contributed by atoms with van der Waals surface area (Å²) >= 11 is 5.80. The smallest absolute Gasteiger partial charge is 0.252 e. The first-order chi connectivity index (χ1) is 9.54. The minimum atomic E-state index is -0.201. The number of hydrogen-bond donors (Lipinski definition) is 2. The highest BCUT2D eigenvalue weighted by atomic mass is 35.5. The van der Waals surface area contributed by atoms with Crippen molar-refractivity contribution < 1.29 is 0 Å². The summed E-state index contributed by atoms with van der Waals surface area (Å²) < 4.78 is 0. The summed E-state index contributed by atoms with van der Waals surface area (Å²) in [4.78, 5) is 18.3. The summed E-state index contributed by atoms with van der Waals surface area (Å²) in [5.41, 5.74) is 4.13. The van der Waals surface area contributed by atoms with E-state index in [0.717, 1.165) is 11.3 Å². The Hall–Kier alpha value is -2.14.